The maximum atomic E-state index is 12.6. The van der Waals surface area contributed by atoms with Gasteiger partial charge in [-0.1, -0.05) is 54.6 Å². The van der Waals surface area contributed by atoms with Crippen molar-refractivity contribution >= 4 is 12.0 Å². The summed E-state index contributed by atoms with van der Waals surface area (Å²) in [6.45, 7) is 2.99. The fraction of sp³-hybridized carbons (Fsp3) is 0.375. The van der Waals surface area contributed by atoms with E-state index in [4.69, 9.17) is 4.74 Å². The lowest BCUT2D eigenvalue weighted by Gasteiger charge is -2.39. The van der Waals surface area contributed by atoms with Crippen LogP contribution in [0.15, 0.2) is 60.7 Å². The molecular weight excluding hydrogens is 348 g/mol. The van der Waals surface area contributed by atoms with Crippen molar-refractivity contribution in [3.05, 3.63) is 71.8 Å². The Morgan fingerprint density at radius 2 is 1.82 bits per heavy atom. The van der Waals surface area contributed by atoms with Crippen LogP contribution in [0.3, 0.4) is 0 Å². The summed E-state index contributed by atoms with van der Waals surface area (Å²) < 4.78 is 5.20. The van der Waals surface area contributed by atoms with Crippen molar-refractivity contribution in [1.82, 2.24) is 10.2 Å². The summed E-state index contributed by atoms with van der Waals surface area (Å²) in [5.41, 5.74) is 2.30. The molecule has 1 amide bonds. The molecule has 1 atom stereocenters. The van der Waals surface area contributed by atoms with E-state index in [-0.39, 0.29) is 17.4 Å². The number of amides is 1. The van der Waals surface area contributed by atoms with E-state index >= 15 is 0 Å². The Balaban J connectivity index is 1.29. The fourth-order valence-electron chi connectivity index (χ4n) is 4.38. The van der Waals surface area contributed by atoms with Gasteiger partial charge in [0.2, 0.25) is 5.91 Å². The van der Waals surface area contributed by atoms with Crippen molar-refractivity contribution in [2.45, 2.75) is 30.7 Å². The molecule has 0 radical (unpaired) electrons. The molecule has 2 aromatic carbocycles. The van der Waals surface area contributed by atoms with Gasteiger partial charge in [-0.15, -0.1) is 0 Å². The Hall–Kier alpha value is -2.59. The van der Waals surface area contributed by atoms with Crippen LogP contribution in [-0.4, -0.2) is 43.1 Å². The molecule has 4 nitrogen and oxygen atoms in total. The van der Waals surface area contributed by atoms with Crippen molar-refractivity contribution < 1.29 is 9.53 Å². The first-order valence-electron chi connectivity index (χ1n) is 10.1. The predicted octanol–water partition coefficient (Wildman–Crippen LogP) is 3.85. The first-order chi connectivity index (χ1) is 13.7. The highest BCUT2D eigenvalue weighted by molar-refractivity contribution is 5.87. The van der Waals surface area contributed by atoms with Gasteiger partial charge in [0, 0.05) is 25.2 Å². The third kappa shape index (κ3) is 4.12. The second kappa shape index (κ2) is 8.19. The topological polar surface area (TPSA) is 41.6 Å². The summed E-state index contributed by atoms with van der Waals surface area (Å²) in [6.07, 6.45) is 7.36. The van der Waals surface area contributed by atoms with Crippen molar-refractivity contribution in [2.24, 2.45) is 0 Å². The lowest BCUT2D eigenvalue weighted by atomic mass is 9.82. The summed E-state index contributed by atoms with van der Waals surface area (Å²) in [4.78, 5) is 15.0. The number of piperidine rings is 1. The Bertz CT molecular complexity index is 821. The van der Waals surface area contributed by atoms with Crippen molar-refractivity contribution in [3.8, 4) is 5.75 Å². The van der Waals surface area contributed by atoms with E-state index in [0.29, 0.717) is 0 Å². The van der Waals surface area contributed by atoms with Crippen LogP contribution in [0.4, 0.5) is 0 Å². The lowest BCUT2D eigenvalue weighted by Crippen LogP contribution is -2.50. The van der Waals surface area contributed by atoms with Crippen LogP contribution in [0, 0.1) is 0 Å². The van der Waals surface area contributed by atoms with Crippen LogP contribution < -0.4 is 10.1 Å². The number of likely N-dealkylation sites (tertiary alicyclic amines) is 1. The average Bonchev–Trinajstić information content (AvgIpc) is 3.06. The highest BCUT2D eigenvalue weighted by atomic mass is 16.5. The second-order valence-corrected chi connectivity index (χ2v) is 7.91. The van der Waals surface area contributed by atoms with Gasteiger partial charge in [-0.25, -0.2) is 0 Å². The first kappa shape index (κ1) is 18.8. The average molecular weight is 376 g/mol. The number of ether oxygens (including phenoxy) is 1. The number of hydrogen-bond acceptors (Lipinski definition) is 3. The Kier molecular flexibility index (Phi) is 5.49. The van der Waals surface area contributed by atoms with E-state index in [9.17, 15) is 4.79 Å². The van der Waals surface area contributed by atoms with Gasteiger partial charge in [0.25, 0.3) is 0 Å². The molecule has 2 aromatic rings. The summed E-state index contributed by atoms with van der Waals surface area (Å²) in [7, 11) is 1.68. The highest BCUT2D eigenvalue weighted by Gasteiger charge is 2.45. The van der Waals surface area contributed by atoms with Crippen LogP contribution >= 0.6 is 0 Å². The second-order valence-electron chi connectivity index (χ2n) is 7.91. The van der Waals surface area contributed by atoms with Gasteiger partial charge in [-0.3, -0.25) is 9.69 Å². The summed E-state index contributed by atoms with van der Waals surface area (Å²) in [6, 6.07) is 18.3. The van der Waals surface area contributed by atoms with E-state index in [1.54, 1.807) is 7.11 Å². The normalized spacial score (nSPS) is 21.9. The Morgan fingerprint density at radius 1 is 1.11 bits per heavy atom. The van der Waals surface area contributed by atoms with Gasteiger partial charge >= 0.3 is 0 Å². The van der Waals surface area contributed by atoms with Crippen LogP contribution in [0.25, 0.3) is 6.08 Å². The zero-order valence-electron chi connectivity index (χ0n) is 16.4. The van der Waals surface area contributed by atoms with Gasteiger partial charge in [0.05, 0.1) is 13.0 Å². The molecule has 1 spiro atoms. The molecule has 4 heteroatoms. The minimum absolute atomic E-state index is 0.00252. The van der Waals surface area contributed by atoms with E-state index in [0.717, 1.165) is 50.2 Å². The smallest absolute Gasteiger partial charge is 0.228 e. The first-order valence-corrected chi connectivity index (χ1v) is 10.1. The summed E-state index contributed by atoms with van der Waals surface area (Å²) in [5.74, 6) is 1.08. The summed E-state index contributed by atoms with van der Waals surface area (Å²) >= 11 is 0. The zero-order valence-corrected chi connectivity index (χ0v) is 16.4. The minimum atomic E-state index is -0.0201. The largest absolute Gasteiger partial charge is 0.497 e. The molecule has 1 N–H and O–H groups in total. The van der Waals surface area contributed by atoms with Crippen molar-refractivity contribution in [1.29, 1.82) is 0 Å². The predicted molar refractivity (Wildman–Crippen MR) is 112 cm³/mol. The van der Waals surface area contributed by atoms with E-state index < -0.39 is 0 Å². The molecule has 2 saturated heterocycles. The van der Waals surface area contributed by atoms with Crippen LogP contribution in [0.5, 0.6) is 5.75 Å². The minimum Gasteiger partial charge on any atom is -0.497 e. The maximum Gasteiger partial charge on any atom is 0.228 e. The third-order valence-electron chi connectivity index (χ3n) is 6.10. The number of hydrogen-bond donors (Lipinski definition) is 1. The number of carbonyl (C=O) groups excluding carboxylic acids is 1. The zero-order chi connectivity index (χ0) is 19.4. The van der Waals surface area contributed by atoms with Crippen LogP contribution in [0.1, 0.15) is 36.3 Å². The molecule has 2 aliphatic rings. The molecule has 2 fully saturated rings. The number of benzene rings is 2. The molecule has 0 saturated carbocycles. The molecule has 28 heavy (non-hydrogen) atoms. The number of nitrogens with zero attached hydrogens (tertiary/aromatic N) is 1. The number of carbonyl (C=O) groups is 1. The SMILES string of the molecule is COc1ccc(/C=C/CN2CCC3(CC2)C[C@H](c2ccccc2)C(=O)N3)cc1. The van der Waals surface area contributed by atoms with E-state index in [1.807, 2.05) is 30.3 Å². The monoisotopic (exact) mass is 376 g/mol. The van der Waals surface area contributed by atoms with Crippen molar-refractivity contribution in [3.63, 3.8) is 0 Å². The molecule has 0 aliphatic carbocycles. The van der Waals surface area contributed by atoms with Gasteiger partial charge in [0.15, 0.2) is 0 Å². The Morgan fingerprint density at radius 3 is 2.50 bits per heavy atom. The standard InChI is InChI=1S/C24H28N2O2/c1-28-21-11-9-19(10-12-21)6-5-15-26-16-13-24(14-17-26)18-22(23(27)25-24)20-7-3-2-4-8-20/h2-12,22H,13-18H2,1H3,(H,25,27)/b6-5+/t22-/m1/s1. The molecule has 0 unspecified atom stereocenters. The van der Waals surface area contributed by atoms with Crippen LogP contribution in [0.2, 0.25) is 0 Å². The third-order valence-corrected chi connectivity index (χ3v) is 6.10. The fourth-order valence-corrected chi connectivity index (χ4v) is 4.38. The number of rotatable bonds is 5. The number of methoxy groups -OCH3 is 1. The molecule has 4 rings (SSSR count). The molecule has 0 aromatic heterocycles. The molecular formula is C24H28N2O2. The van der Waals surface area contributed by atoms with Crippen LogP contribution in [-0.2, 0) is 4.79 Å². The summed E-state index contributed by atoms with van der Waals surface area (Å²) in [5, 5.41) is 3.34. The molecule has 2 heterocycles. The number of nitrogens with one attached hydrogen (secondary N) is 1. The van der Waals surface area contributed by atoms with Gasteiger partial charge in [-0.05, 0) is 42.5 Å². The molecule has 0 bridgehead atoms. The Labute approximate surface area is 167 Å². The van der Waals surface area contributed by atoms with Crippen molar-refractivity contribution in [2.75, 3.05) is 26.7 Å². The highest BCUT2D eigenvalue weighted by Crippen LogP contribution is 2.39. The molecule has 2 aliphatic heterocycles. The van der Waals surface area contributed by atoms with E-state index in [2.05, 4.69) is 46.6 Å². The quantitative estimate of drug-likeness (QED) is 0.862. The van der Waals surface area contributed by atoms with E-state index in [1.165, 1.54) is 5.56 Å². The maximum absolute atomic E-state index is 12.6. The van der Waals surface area contributed by atoms with Gasteiger partial charge in [0.1, 0.15) is 5.75 Å². The van der Waals surface area contributed by atoms with Gasteiger partial charge < -0.3 is 10.1 Å². The molecule has 146 valence electrons. The van der Waals surface area contributed by atoms with Gasteiger partial charge in [-0.2, -0.15) is 0 Å². The lowest BCUT2D eigenvalue weighted by molar-refractivity contribution is -0.121.